The molecule has 0 unspecified atom stereocenters. The lowest BCUT2D eigenvalue weighted by Crippen LogP contribution is -2.09. The number of carbonyl (C=O) groups is 1. The van der Waals surface area contributed by atoms with Crippen LogP contribution in [0.15, 0.2) is 36.4 Å². The van der Waals surface area contributed by atoms with Crippen molar-refractivity contribution in [2.24, 2.45) is 5.92 Å². The smallest absolute Gasteiger partial charge is 0.303 e. The molecule has 6 heteroatoms. The van der Waals surface area contributed by atoms with Crippen LogP contribution in [-0.2, 0) is 11.2 Å². The SMILES string of the molecule is Nc1nc2cc(-c3cc(CCC(=O)O)ccc3OCC3CCCC3)ccc2s1. The number of hydrogen-bond donors (Lipinski definition) is 2. The molecule has 4 rings (SSSR count). The van der Waals surface area contributed by atoms with E-state index in [4.69, 9.17) is 15.6 Å². The summed E-state index contributed by atoms with van der Waals surface area (Å²) in [5.74, 6) is 0.677. The molecule has 1 aromatic heterocycles. The quantitative estimate of drug-likeness (QED) is 0.578. The first-order chi connectivity index (χ1) is 13.6. The molecule has 1 saturated carbocycles. The summed E-state index contributed by atoms with van der Waals surface area (Å²) in [5.41, 5.74) is 9.70. The van der Waals surface area contributed by atoms with Gasteiger partial charge in [-0.3, -0.25) is 4.79 Å². The van der Waals surface area contributed by atoms with E-state index in [1.54, 1.807) is 0 Å². The van der Waals surface area contributed by atoms with Crippen LogP contribution in [-0.4, -0.2) is 22.7 Å². The maximum Gasteiger partial charge on any atom is 0.303 e. The first kappa shape index (κ1) is 18.7. The van der Waals surface area contributed by atoms with Crippen molar-refractivity contribution in [3.63, 3.8) is 0 Å². The number of nitrogens with zero attached hydrogens (tertiary/aromatic N) is 1. The van der Waals surface area contributed by atoms with E-state index < -0.39 is 5.97 Å². The van der Waals surface area contributed by atoms with Crippen LogP contribution in [0, 0.1) is 5.92 Å². The molecule has 0 aliphatic heterocycles. The number of nitrogen functional groups attached to an aromatic ring is 1. The Morgan fingerprint density at radius 2 is 2.04 bits per heavy atom. The number of anilines is 1. The van der Waals surface area contributed by atoms with Crippen LogP contribution in [0.5, 0.6) is 5.75 Å². The standard InChI is InChI=1S/C22H24N2O3S/c23-22-24-18-12-16(7-9-20(18)28-22)17-11-14(6-10-21(25)26)5-8-19(17)27-13-15-3-1-2-4-15/h5,7-9,11-12,15H,1-4,6,10,13H2,(H2,23,24)(H,25,26). The molecule has 0 radical (unpaired) electrons. The molecule has 0 atom stereocenters. The second kappa shape index (κ2) is 8.19. The number of aliphatic carboxylic acids is 1. The average Bonchev–Trinajstić information content (AvgIpc) is 3.32. The summed E-state index contributed by atoms with van der Waals surface area (Å²) in [6.45, 7) is 0.730. The zero-order valence-electron chi connectivity index (χ0n) is 15.7. The number of hydrogen-bond acceptors (Lipinski definition) is 5. The van der Waals surface area contributed by atoms with Gasteiger partial charge in [0.25, 0.3) is 0 Å². The van der Waals surface area contributed by atoms with Crippen molar-refractivity contribution in [2.45, 2.75) is 38.5 Å². The topological polar surface area (TPSA) is 85.4 Å². The number of carboxylic acid groups (broad SMARTS) is 1. The first-order valence-electron chi connectivity index (χ1n) is 9.72. The number of aromatic nitrogens is 1. The van der Waals surface area contributed by atoms with Gasteiger partial charge in [-0.2, -0.15) is 0 Å². The summed E-state index contributed by atoms with van der Waals surface area (Å²) >= 11 is 1.47. The Hall–Kier alpha value is -2.60. The predicted octanol–water partition coefficient (Wildman–Crippen LogP) is 5.13. The van der Waals surface area contributed by atoms with Crippen molar-refractivity contribution in [2.75, 3.05) is 12.3 Å². The molecule has 2 aromatic carbocycles. The lowest BCUT2D eigenvalue weighted by atomic mass is 9.99. The van der Waals surface area contributed by atoms with Crippen molar-refractivity contribution in [3.05, 3.63) is 42.0 Å². The third-order valence-corrected chi connectivity index (χ3v) is 6.20. The molecule has 0 spiro atoms. The van der Waals surface area contributed by atoms with E-state index >= 15 is 0 Å². The summed E-state index contributed by atoms with van der Waals surface area (Å²) in [5, 5.41) is 9.55. The van der Waals surface area contributed by atoms with Crippen LogP contribution in [0.4, 0.5) is 5.13 Å². The number of fused-ring (bicyclic) bond motifs is 1. The van der Waals surface area contributed by atoms with E-state index in [2.05, 4.69) is 11.1 Å². The molecule has 1 aliphatic carbocycles. The minimum absolute atomic E-state index is 0.114. The van der Waals surface area contributed by atoms with Crippen LogP contribution < -0.4 is 10.5 Å². The monoisotopic (exact) mass is 396 g/mol. The fourth-order valence-electron chi connectivity index (χ4n) is 3.83. The van der Waals surface area contributed by atoms with Gasteiger partial charge in [0.05, 0.1) is 16.8 Å². The number of rotatable bonds is 7. The third-order valence-electron chi connectivity index (χ3n) is 5.34. The maximum absolute atomic E-state index is 10.9. The molecule has 5 nitrogen and oxygen atoms in total. The normalized spacial score (nSPS) is 14.6. The van der Waals surface area contributed by atoms with E-state index in [1.165, 1.54) is 37.0 Å². The highest BCUT2D eigenvalue weighted by Crippen LogP contribution is 2.36. The molecular formula is C22H24N2O3S. The first-order valence-corrected chi connectivity index (χ1v) is 10.5. The Kier molecular flexibility index (Phi) is 5.48. The highest BCUT2D eigenvalue weighted by atomic mass is 32.1. The molecule has 0 saturated heterocycles. The molecule has 3 aromatic rings. The van der Waals surface area contributed by atoms with Gasteiger partial charge < -0.3 is 15.6 Å². The number of carboxylic acids is 1. The number of thiazole rings is 1. The summed E-state index contributed by atoms with van der Waals surface area (Å²) in [6, 6.07) is 12.1. The van der Waals surface area contributed by atoms with Crippen LogP contribution in [0.1, 0.15) is 37.7 Å². The summed E-state index contributed by atoms with van der Waals surface area (Å²) < 4.78 is 7.27. The van der Waals surface area contributed by atoms with Crippen molar-refractivity contribution < 1.29 is 14.6 Å². The lowest BCUT2D eigenvalue weighted by molar-refractivity contribution is -0.136. The minimum atomic E-state index is -0.789. The molecule has 0 bridgehead atoms. The number of ether oxygens (including phenoxy) is 1. The van der Waals surface area contributed by atoms with Crippen molar-refractivity contribution in [1.82, 2.24) is 4.98 Å². The van der Waals surface area contributed by atoms with Gasteiger partial charge in [0, 0.05) is 12.0 Å². The minimum Gasteiger partial charge on any atom is -0.493 e. The number of benzene rings is 2. The van der Waals surface area contributed by atoms with E-state index in [1.807, 2.05) is 30.3 Å². The fraction of sp³-hybridized carbons (Fsp3) is 0.364. The average molecular weight is 397 g/mol. The number of aryl methyl sites for hydroxylation is 1. The van der Waals surface area contributed by atoms with Gasteiger partial charge in [-0.15, -0.1) is 0 Å². The van der Waals surface area contributed by atoms with E-state index in [0.29, 0.717) is 17.5 Å². The zero-order valence-corrected chi connectivity index (χ0v) is 16.5. The second-order valence-corrected chi connectivity index (χ2v) is 8.48. The summed E-state index contributed by atoms with van der Waals surface area (Å²) in [6.07, 6.45) is 5.65. The zero-order chi connectivity index (χ0) is 19.5. The van der Waals surface area contributed by atoms with Crippen molar-refractivity contribution in [1.29, 1.82) is 0 Å². The molecular weight excluding hydrogens is 372 g/mol. The maximum atomic E-state index is 10.9. The third kappa shape index (κ3) is 4.28. The molecule has 1 fully saturated rings. The Bertz CT molecular complexity index is 993. The predicted molar refractivity (Wildman–Crippen MR) is 113 cm³/mol. The Morgan fingerprint density at radius 1 is 1.21 bits per heavy atom. The van der Waals surface area contributed by atoms with Crippen LogP contribution in [0.3, 0.4) is 0 Å². The highest BCUT2D eigenvalue weighted by molar-refractivity contribution is 7.22. The fourth-order valence-corrected chi connectivity index (χ4v) is 4.55. The lowest BCUT2D eigenvalue weighted by Gasteiger charge is -2.16. The van der Waals surface area contributed by atoms with E-state index in [-0.39, 0.29) is 6.42 Å². The summed E-state index contributed by atoms with van der Waals surface area (Å²) in [7, 11) is 0. The molecule has 3 N–H and O–H groups in total. The largest absolute Gasteiger partial charge is 0.493 e. The second-order valence-electron chi connectivity index (χ2n) is 7.42. The molecule has 1 aliphatic rings. The van der Waals surface area contributed by atoms with E-state index in [9.17, 15) is 4.79 Å². The van der Waals surface area contributed by atoms with E-state index in [0.717, 1.165) is 39.3 Å². The van der Waals surface area contributed by atoms with Crippen molar-refractivity contribution in [3.8, 4) is 16.9 Å². The Morgan fingerprint density at radius 3 is 2.82 bits per heavy atom. The van der Waals surface area contributed by atoms with Gasteiger partial charge in [-0.1, -0.05) is 36.3 Å². The van der Waals surface area contributed by atoms with Crippen LogP contribution in [0.25, 0.3) is 21.3 Å². The van der Waals surface area contributed by atoms with Gasteiger partial charge in [0.1, 0.15) is 5.75 Å². The van der Waals surface area contributed by atoms with Crippen LogP contribution in [0.2, 0.25) is 0 Å². The van der Waals surface area contributed by atoms with Crippen LogP contribution >= 0.6 is 11.3 Å². The van der Waals surface area contributed by atoms with Gasteiger partial charge in [0.15, 0.2) is 5.13 Å². The highest BCUT2D eigenvalue weighted by Gasteiger charge is 2.17. The van der Waals surface area contributed by atoms with Crippen molar-refractivity contribution >= 4 is 32.7 Å². The Balaban J connectivity index is 1.66. The van der Waals surface area contributed by atoms with Gasteiger partial charge >= 0.3 is 5.97 Å². The molecule has 1 heterocycles. The summed E-state index contributed by atoms with van der Waals surface area (Å²) in [4.78, 5) is 15.3. The number of nitrogens with two attached hydrogens (primary N) is 1. The Labute approximate surface area is 168 Å². The molecule has 146 valence electrons. The van der Waals surface area contributed by atoms with Gasteiger partial charge in [0.2, 0.25) is 0 Å². The molecule has 0 amide bonds. The van der Waals surface area contributed by atoms with Gasteiger partial charge in [-0.05, 0) is 60.6 Å². The van der Waals surface area contributed by atoms with Gasteiger partial charge in [-0.25, -0.2) is 4.98 Å². The molecule has 28 heavy (non-hydrogen) atoms.